The molecule has 6 heteroatoms. The fourth-order valence-electron chi connectivity index (χ4n) is 1.44. The molecular formula is C11H11BrFNO3. The van der Waals surface area contributed by atoms with Crippen LogP contribution in [0.15, 0.2) is 22.7 Å². The molecule has 0 bridgehead atoms. The molecule has 0 aliphatic heterocycles. The normalized spacial score (nSPS) is 11.9. The van der Waals surface area contributed by atoms with Gasteiger partial charge in [0.05, 0.1) is 12.5 Å². The molecule has 0 saturated heterocycles. The summed E-state index contributed by atoms with van der Waals surface area (Å²) in [5, 5.41) is 11.2. The molecule has 92 valence electrons. The number of carbonyl (C=O) groups excluding carboxylic acids is 1. The Balaban J connectivity index is 3.06. The SMILES string of the molecule is CC(=O)N[C@@H](CC(=O)O)c1cc(F)ccc1Br. The van der Waals surface area contributed by atoms with E-state index in [-0.39, 0.29) is 12.3 Å². The van der Waals surface area contributed by atoms with Crippen molar-refractivity contribution in [3.8, 4) is 0 Å². The van der Waals surface area contributed by atoms with E-state index in [4.69, 9.17) is 5.11 Å². The fourth-order valence-corrected chi connectivity index (χ4v) is 1.96. The van der Waals surface area contributed by atoms with Crippen molar-refractivity contribution in [2.45, 2.75) is 19.4 Å². The Labute approximate surface area is 106 Å². The first kappa shape index (κ1) is 13.6. The summed E-state index contributed by atoms with van der Waals surface area (Å²) in [7, 11) is 0. The number of halogens is 2. The Morgan fingerprint density at radius 3 is 2.71 bits per heavy atom. The van der Waals surface area contributed by atoms with Gasteiger partial charge in [0.25, 0.3) is 0 Å². The Morgan fingerprint density at radius 2 is 2.18 bits per heavy atom. The van der Waals surface area contributed by atoms with Gasteiger partial charge < -0.3 is 10.4 Å². The van der Waals surface area contributed by atoms with Gasteiger partial charge in [-0.05, 0) is 23.8 Å². The number of carbonyl (C=O) groups is 2. The zero-order valence-electron chi connectivity index (χ0n) is 9.04. The molecule has 0 heterocycles. The van der Waals surface area contributed by atoms with Crippen LogP contribution < -0.4 is 5.32 Å². The monoisotopic (exact) mass is 303 g/mol. The van der Waals surface area contributed by atoms with Crippen molar-refractivity contribution < 1.29 is 19.1 Å². The Morgan fingerprint density at radius 1 is 1.53 bits per heavy atom. The minimum Gasteiger partial charge on any atom is -0.481 e. The smallest absolute Gasteiger partial charge is 0.305 e. The van der Waals surface area contributed by atoms with Gasteiger partial charge in [0.15, 0.2) is 0 Å². The van der Waals surface area contributed by atoms with Crippen molar-refractivity contribution in [1.29, 1.82) is 0 Å². The van der Waals surface area contributed by atoms with Gasteiger partial charge in [-0.25, -0.2) is 4.39 Å². The molecule has 0 spiro atoms. The van der Waals surface area contributed by atoms with Crippen molar-refractivity contribution in [3.63, 3.8) is 0 Å². The number of aliphatic carboxylic acids is 1. The summed E-state index contributed by atoms with van der Waals surface area (Å²) in [5.74, 6) is -1.92. The molecule has 0 aromatic heterocycles. The highest BCUT2D eigenvalue weighted by Gasteiger charge is 2.19. The van der Waals surface area contributed by atoms with Crippen LogP contribution >= 0.6 is 15.9 Å². The number of carboxylic acid groups (broad SMARTS) is 1. The van der Waals surface area contributed by atoms with E-state index in [1.165, 1.54) is 25.1 Å². The first-order valence-electron chi connectivity index (χ1n) is 4.84. The molecule has 4 nitrogen and oxygen atoms in total. The van der Waals surface area contributed by atoms with Crippen molar-refractivity contribution >= 4 is 27.8 Å². The van der Waals surface area contributed by atoms with Crippen LogP contribution in [0.1, 0.15) is 24.9 Å². The zero-order chi connectivity index (χ0) is 13.0. The molecule has 0 aliphatic carbocycles. The maximum Gasteiger partial charge on any atom is 0.305 e. The van der Waals surface area contributed by atoms with Crippen molar-refractivity contribution in [1.82, 2.24) is 5.32 Å². The molecule has 1 atom stereocenters. The van der Waals surface area contributed by atoms with Gasteiger partial charge in [-0.3, -0.25) is 9.59 Å². The Kier molecular flexibility index (Phi) is 4.62. The average Bonchev–Trinajstić information content (AvgIpc) is 2.19. The molecule has 17 heavy (non-hydrogen) atoms. The zero-order valence-corrected chi connectivity index (χ0v) is 10.6. The second-order valence-electron chi connectivity index (χ2n) is 3.52. The fraction of sp³-hybridized carbons (Fsp3) is 0.273. The first-order valence-corrected chi connectivity index (χ1v) is 5.63. The van der Waals surface area contributed by atoms with Crippen LogP contribution in [0.3, 0.4) is 0 Å². The standard InChI is InChI=1S/C11H11BrFNO3/c1-6(15)14-10(5-11(16)17)8-4-7(13)2-3-9(8)12/h2-4,10H,5H2,1H3,(H,14,15)(H,16,17)/t10-/m0/s1. The number of hydrogen-bond acceptors (Lipinski definition) is 2. The van der Waals surface area contributed by atoms with Crippen LogP contribution in [0.5, 0.6) is 0 Å². The van der Waals surface area contributed by atoms with Gasteiger partial charge in [0.1, 0.15) is 5.82 Å². The molecule has 0 aliphatic rings. The summed E-state index contributed by atoms with van der Waals surface area (Å²) in [6, 6.07) is 3.17. The molecular weight excluding hydrogens is 293 g/mol. The number of amides is 1. The third-order valence-electron chi connectivity index (χ3n) is 2.09. The van der Waals surface area contributed by atoms with Crippen LogP contribution in [0.2, 0.25) is 0 Å². The summed E-state index contributed by atoms with van der Waals surface area (Å²) in [6.07, 6.45) is -0.304. The highest BCUT2D eigenvalue weighted by molar-refractivity contribution is 9.10. The first-order chi connectivity index (χ1) is 7.90. The molecule has 0 radical (unpaired) electrons. The van der Waals surface area contributed by atoms with E-state index >= 15 is 0 Å². The number of carboxylic acids is 1. The van der Waals surface area contributed by atoms with E-state index in [2.05, 4.69) is 21.2 Å². The topological polar surface area (TPSA) is 66.4 Å². The molecule has 1 amide bonds. The second-order valence-corrected chi connectivity index (χ2v) is 4.37. The van der Waals surface area contributed by atoms with Crippen LogP contribution in [-0.4, -0.2) is 17.0 Å². The maximum atomic E-state index is 13.1. The van der Waals surface area contributed by atoms with Gasteiger partial charge in [0, 0.05) is 11.4 Å². The quantitative estimate of drug-likeness (QED) is 0.896. The van der Waals surface area contributed by atoms with E-state index in [1.807, 2.05) is 0 Å². The lowest BCUT2D eigenvalue weighted by molar-refractivity contribution is -0.137. The summed E-state index contributed by atoms with van der Waals surface area (Å²) in [6.45, 7) is 1.28. The largest absolute Gasteiger partial charge is 0.481 e. The number of rotatable bonds is 4. The van der Waals surface area contributed by atoms with Crippen molar-refractivity contribution in [2.75, 3.05) is 0 Å². The van der Waals surface area contributed by atoms with Crippen LogP contribution in [0.25, 0.3) is 0 Å². The van der Waals surface area contributed by atoms with Crippen molar-refractivity contribution in [3.05, 3.63) is 34.1 Å². The molecule has 0 saturated carbocycles. The van der Waals surface area contributed by atoms with Gasteiger partial charge in [-0.15, -0.1) is 0 Å². The third-order valence-corrected chi connectivity index (χ3v) is 2.81. The van der Waals surface area contributed by atoms with Crippen molar-refractivity contribution in [2.24, 2.45) is 0 Å². The van der Waals surface area contributed by atoms with E-state index in [0.29, 0.717) is 10.0 Å². The minimum atomic E-state index is -1.07. The highest BCUT2D eigenvalue weighted by Crippen LogP contribution is 2.26. The van der Waals surface area contributed by atoms with Gasteiger partial charge >= 0.3 is 5.97 Å². The lowest BCUT2D eigenvalue weighted by Crippen LogP contribution is -2.28. The van der Waals surface area contributed by atoms with Gasteiger partial charge in [-0.1, -0.05) is 15.9 Å². The predicted molar refractivity (Wildman–Crippen MR) is 62.9 cm³/mol. The maximum absolute atomic E-state index is 13.1. The molecule has 1 aromatic carbocycles. The molecule has 2 N–H and O–H groups in total. The van der Waals surface area contributed by atoms with Gasteiger partial charge in [-0.2, -0.15) is 0 Å². The van der Waals surface area contributed by atoms with E-state index in [0.717, 1.165) is 0 Å². The summed E-state index contributed by atoms with van der Waals surface area (Å²) in [4.78, 5) is 21.7. The van der Waals surface area contributed by atoms with Crippen LogP contribution in [-0.2, 0) is 9.59 Å². The summed E-state index contributed by atoms with van der Waals surface area (Å²) < 4.78 is 13.7. The van der Waals surface area contributed by atoms with E-state index in [9.17, 15) is 14.0 Å². The molecule has 0 unspecified atom stereocenters. The number of nitrogens with one attached hydrogen (secondary N) is 1. The molecule has 1 rings (SSSR count). The lowest BCUT2D eigenvalue weighted by Gasteiger charge is -2.17. The summed E-state index contributed by atoms with van der Waals surface area (Å²) in [5.41, 5.74) is 0.405. The minimum absolute atomic E-state index is 0.304. The number of benzene rings is 1. The lowest BCUT2D eigenvalue weighted by atomic mass is 10.0. The van der Waals surface area contributed by atoms with E-state index in [1.54, 1.807) is 0 Å². The predicted octanol–water partition coefficient (Wildman–Crippen LogP) is 2.24. The van der Waals surface area contributed by atoms with Crippen LogP contribution in [0, 0.1) is 5.82 Å². The third kappa shape index (κ3) is 4.14. The van der Waals surface area contributed by atoms with Crippen LogP contribution in [0.4, 0.5) is 4.39 Å². The molecule has 0 fully saturated rings. The van der Waals surface area contributed by atoms with Gasteiger partial charge in [0.2, 0.25) is 5.91 Å². The Hall–Kier alpha value is -1.43. The summed E-state index contributed by atoms with van der Waals surface area (Å²) >= 11 is 3.20. The Bertz CT molecular complexity index is 434. The highest BCUT2D eigenvalue weighted by atomic mass is 79.9. The molecule has 1 aromatic rings. The second kappa shape index (κ2) is 5.77. The average molecular weight is 304 g/mol. The van der Waals surface area contributed by atoms with E-state index < -0.39 is 17.8 Å². The number of hydrogen-bond donors (Lipinski definition) is 2.